The van der Waals surface area contributed by atoms with E-state index in [1.807, 2.05) is 0 Å². The molecule has 0 saturated heterocycles. The molecule has 5 nitrogen and oxygen atoms in total. The Hall–Kier alpha value is -1.36. The molecule has 0 rings (SSSR count). The fourth-order valence-electron chi connectivity index (χ4n) is 0.295. The Bertz CT molecular complexity index is 163. The SMILES string of the molecule is NOC(=O)C=CCC(=O)O. The molecular weight excluding hydrogens is 138 g/mol. The molecule has 3 N–H and O–H groups in total. The first-order valence-electron chi connectivity index (χ1n) is 2.46. The van der Waals surface area contributed by atoms with Crippen LogP contribution in [0.15, 0.2) is 12.2 Å². The molecule has 0 unspecified atom stereocenters. The van der Waals surface area contributed by atoms with Gasteiger partial charge in [-0.25, -0.2) is 4.79 Å². The lowest BCUT2D eigenvalue weighted by molar-refractivity contribution is -0.138. The predicted molar refractivity (Wildman–Crippen MR) is 31.7 cm³/mol. The van der Waals surface area contributed by atoms with Gasteiger partial charge in [-0.15, -0.1) is 0 Å². The summed E-state index contributed by atoms with van der Waals surface area (Å²) >= 11 is 0. The minimum Gasteiger partial charge on any atom is -0.481 e. The maximum Gasteiger partial charge on any atom is 0.348 e. The van der Waals surface area contributed by atoms with Gasteiger partial charge in [0.2, 0.25) is 0 Å². The summed E-state index contributed by atoms with van der Waals surface area (Å²) in [7, 11) is 0. The zero-order valence-corrected chi connectivity index (χ0v) is 5.11. The zero-order chi connectivity index (χ0) is 7.98. The molecule has 56 valence electrons. The van der Waals surface area contributed by atoms with Crippen LogP contribution < -0.4 is 5.90 Å². The molecule has 0 atom stereocenters. The van der Waals surface area contributed by atoms with Crippen LogP contribution >= 0.6 is 0 Å². The minimum absolute atomic E-state index is 0.213. The average molecular weight is 145 g/mol. The van der Waals surface area contributed by atoms with Gasteiger partial charge in [0.05, 0.1) is 6.42 Å². The van der Waals surface area contributed by atoms with Gasteiger partial charge in [-0.05, 0) is 0 Å². The van der Waals surface area contributed by atoms with E-state index >= 15 is 0 Å². The van der Waals surface area contributed by atoms with Crippen molar-refractivity contribution in [3.05, 3.63) is 12.2 Å². The highest BCUT2D eigenvalue weighted by Crippen LogP contribution is 1.82. The number of hydrogen-bond donors (Lipinski definition) is 2. The summed E-state index contributed by atoms with van der Waals surface area (Å²) in [4.78, 5) is 23.7. The van der Waals surface area contributed by atoms with Gasteiger partial charge in [-0.2, -0.15) is 5.90 Å². The first-order valence-corrected chi connectivity index (χ1v) is 2.46. The molecule has 5 heteroatoms. The number of carbonyl (C=O) groups is 2. The van der Waals surface area contributed by atoms with Crippen molar-refractivity contribution in [2.45, 2.75) is 6.42 Å². The monoisotopic (exact) mass is 145 g/mol. The maximum atomic E-state index is 10.2. The third kappa shape index (κ3) is 4.79. The van der Waals surface area contributed by atoms with E-state index in [0.29, 0.717) is 0 Å². The van der Waals surface area contributed by atoms with Gasteiger partial charge in [0.1, 0.15) is 0 Å². The molecular formula is C5H7NO4. The van der Waals surface area contributed by atoms with E-state index in [4.69, 9.17) is 5.11 Å². The molecule has 0 amide bonds. The second kappa shape index (κ2) is 4.51. The van der Waals surface area contributed by atoms with Crippen LogP contribution in [0.2, 0.25) is 0 Å². The Morgan fingerprint density at radius 3 is 2.60 bits per heavy atom. The van der Waals surface area contributed by atoms with E-state index in [1.54, 1.807) is 0 Å². The van der Waals surface area contributed by atoms with Gasteiger partial charge in [0.15, 0.2) is 0 Å². The molecule has 0 aromatic carbocycles. The van der Waals surface area contributed by atoms with Gasteiger partial charge in [0, 0.05) is 6.08 Å². The number of carbonyl (C=O) groups excluding carboxylic acids is 1. The second-order valence-corrected chi connectivity index (χ2v) is 1.44. The summed E-state index contributed by atoms with van der Waals surface area (Å²) in [5.41, 5.74) is 0. The van der Waals surface area contributed by atoms with Crippen molar-refractivity contribution in [1.82, 2.24) is 0 Å². The van der Waals surface area contributed by atoms with Crippen LogP contribution in [0.5, 0.6) is 0 Å². The molecule has 0 heterocycles. The molecule has 0 bridgehead atoms. The van der Waals surface area contributed by atoms with Crippen LogP contribution in [0.4, 0.5) is 0 Å². The Morgan fingerprint density at radius 2 is 2.20 bits per heavy atom. The van der Waals surface area contributed by atoms with Crippen molar-refractivity contribution in [3.63, 3.8) is 0 Å². The third-order valence-electron chi connectivity index (χ3n) is 0.663. The van der Waals surface area contributed by atoms with E-state index in [2.05, 4.69) is 10.7 Å². The number of carboxylic acids is 1. The predicted octanol–water partition coefficient (Wildman–Crippen LogP) is -0.566. The molecule has 0 radical (unpaired) electrons. The first-order chi connectivity index (χ1) is 4.66. The second-order valence-electron chi connectivity index (χ2n) is 1.44. The smallest absolute Gasteiger partial charge is 0.348 e. The Morgan fingerprint density at radius 1 is 1.60 bits per heavy atom. The number of carboxylic acid groups (broad SMARTS) is 1. The summed E-state index contributed by atoms with van der Waals surface area (Å²) in [6, 6.07) is 0. The number of hydrogen-bond acceptors (Lipinski definition) is 4. The minimum atomic E-state index is -1.01. The molecule has 0 aromatic heterocycles. The summed E-state index contributed by atoms with van der Waals surface area (Å²) in [6.07, 6.45) is 1.89. The summed E-state index contributed by atoms with van der Waals surface area (Å²) in [5.74, 6) is 2.67. The lowest BCUT2D eigenvalue weighted by atomic mass is 10.4. The summed E-state index contributed by atoms with van der Waals surface area (Å²) in [5, 5.41) is 8.06. The van der Waals surface area contributed by atoms with Crippen LogP contribution in [0.3, 0.4) is 0 Å². The van der Waals surface area contributed by atoms with Crippen LogP contribution in [0.1, 0.15) is 6.42 Å². The van der Waals surface area contributed by atoms with E-state index < -0.39 is 11.9 Å². The number of nitrogens with two attached hydrogens (primary N) is 1. The van der Waals surface area contributed by atoms with Crippen molar-refractivity contribution in [1.29, 1.82) is 0 Å². The molecule has 0 fully saturated rings. The van der Waals surface area contributed by atoms with Crippen molar-refractivity contribution in [2.24, 2.45) is 5.90 Å². The van der Waals surface area contributed by atoms with Crippen molar-refractivity contribution < 1.29 is 19.5 Å². The van der Waals surface area contributed by atoms with Crippen LogP contribution in [-0.2, 0) is 14.4 Å². The quantitative estimate of drug-likeness (QED) is 0.410. The molecule has 0 aliphatic carbocycles. The van der Waals surface area contributed by atoms with Gasteiger partial charge < -0.3 is 9.94 Å². The number of rotatable bonds is 3. The van der Waals surface area contributed by atoms with Crippen LogP contribution in [-0.4, -0.2) is 17.0 Å². The third-order valence-corrected chi connectivity index (χ3v) is 0.663. The summed E-state index contributed by atoms with van der Waals surface area (Å²) in [6.45, 7) is 0. The standard InChI is InChI=1S/C5H7NO4/c6-10-5(9)3-1-2-4(7)8/h1,3H,2,6H2,(H,7,8). The average Bonchev–Trinajstić information content (AvgIpc) is 1.87. The van der Waals surface area contributed by atoms with Gasteiger partial charge in [0.25, 0.3) is 0 Å². The molecule has 0 aliphatic rings. The Balaban J connectivity index is 3.56. The summed E-state index contributed by atoms with van der Waals surface area (Å²) < 4.78 is 0. The van der Waals surface area contributed by atoms with Gasteiger partial charge in [-0.3, -0.25) is 4.79 Å². The Labute approximate surface area is 57.0 Å². The topological polar surface area (TPSA) is 89.6 Å². The van der Waals surface area contributed by atoms with Crippen molar-refractivity contribution >= 4 is 11.9 Å². The first kappa shape index (κ1) is 8.64. The largest absolute Gasteiger partial charge is 0.481 e. The van der Waals surface area contributed by atoms with E-state index in [9.17, 15) is 9.59 Å². The highest BCUT2D eigenvalue weighted by atomic mass is 16.7. The lowest BCUT2D eigenvalue weighted by Gasteiger charge is -1.86. The van der Waals surface area contributed by atoms with Crippen LogP contribution in [0.25, 0.3) is 0 Å². The van der Waals surface area contributed by atoms with E-state index in [-0.39, 0.29) is 6.42 Å². The van der Waals surface area contributed by atoms with Gasteiger partial charge in [-0.1, -0.05) is 6.08 Å². The normalized spacial score (nSPS) is 9.70. The number of aliphatic carboxylic acids is 1. The molecule has 0 aliphatic heterocycles. The van der Waals surface area contributed by atoms with Crippen molar-refractivity contribution in [3.8, 4) is 0 Å². The Kier molecular flexibility index (Phi) is 3.90. The van der Waals surface area contributed by atoms with Gasteiger partial charge >= 0.3 is 11.9 Å². The van der Waals surface area contributed by atoms with Crippen LogP contribution in [0, 0.1) is 0 Å². The zero-order valence-electron chi connectivity index (χ0n) is 5.11. The van der Waals surface area contributed by atoms with E-state index in [0.717, 1.165) is 12.2 Å². The maximum absolute atomic E-state index is 10.2. The molecule has 0 spiro atoms. The molecule has 0 saturated carbocycles. The molecule has 10 heavy (non-hydrogen) atoms. The lowest BCUT2D eigenvalue weighted by Crippen LogP contribution is -2.06. The van der Waals surface area contributed by atoms with E-state index in [1.165, 1.54) is 0 Å². The fourth-order valence-corrected chi connectivity index (χ4v) is 0.295. The molecule has 0 aromatic rings. The highest BCUT2D eigenvalue weighted by molar-refractivity contribution is 5.82. The van der Waals surface area contributed by atoms with Crippen molar-refractivity contribution in [2.75, 3.05) is 0 Å². The highest BCUT2D eigenvalue weighted by Gasteiger charge is 1.93. The fraction of sp³-hybridized carbons (Fsp3) is 0.200.